The molecule has 0 heterocycles. The summed E-state index contributed by atoms with van der Waals surface area (Å²) < 4.78 is 0. The van der Waals surface area contributed by atoms with Crippen molar-refractivity contribution in [2.75, 3.05) is 13.6 Å². The molecule has 1 aromatic carbocycles. The van der Waals surface area contributed by atoms with Crippen molar-refractivity contribution in [3.8, 4) is 5.75 Å². The molecule has 0 spiro atoms. The molecule has 6 heteroatoms. The van der Waals surface area contributed by atoms with Crippen molar-refractivity contribution < 1.29 is 15.1 Å². The number of carbonyl (C=O) groups excluding carboxylic acids is 1. The Morgan fingerprint density at radius 1 is 1.53 bits per heavy atom. The monoisotopic (exact) mass is 265 g/mol. The highest BCUT2D eigenvalue weighted by atomic mass is 16.4. The molecule has 0 aliphatic rings. The minimum atomic E-state index is -0.307. The van der Waals surface area contributed by atoms with Crippen molar-refractivity contribution in [3.63, 3.8) is 0 Å². The standard InChI is InChI=1S/C13H19N3O3/c1-8-5-4-6-10(11(8)17)13(18)16(3)7-9(2)12(14)15-19/h4-6,9,17,19H,7H2,1-3H3,(H2,14,15). The molecule has 1 amide bonds. The molecular formula is C13H19N3O3. The molecule has 0 fully saturated rings. The number of hydrogen-bond donors (Lipinski definition) is 3. The highest BCUT2D eigenvalue weighted by Crippen LogP contribution is 2.22. The maximum atomic E-state index is 12.2. The van der Waals surface area contributed by atoms with Gasteiger partial charge in [0.1, 0.15) is 11.6 Å². The Morgan fingerprint density at radius 3 is 2.74 bits per heavy atom. The summed E-state index contributed by atoms with van der Waals surface area (Å²) in [6.45, 7) is 3.77. The molecule has 0 saturated carbocycles. The van der Waals surface area contributed by atoms with Gasteiger partial charge in [-0.25, -0.2) is 0 Å². The van der Waals surface area contributed by atoms with E-state index in [4.69, 9.17) is 10.9 Å². The number of rotatable bonds is 4. The third-order valence-corrected chi connectivity index (χ3v) is 2.98. The van der Waals surface area contributed by atoms with Crippen molar-refractivity contribution in [2.24, 2.45) is 16.8 Å². The molecule has 0 radical (unpaired) electrons. The second-order valence-corrected chi connectivity index (χ2v) is 4.58. The van der Waals surface area contributed by atoms with Gasteiger partial charge in [0.15, 0.2) is 0 Å². The van der Waals surface area contributed by atoms with Crippen LogP contribution in [-0.4, -0.2) is 40.5 Å². The van der Waals surface area contributed by atoms with E-state index < -0.39 is 0 Å². The molecule has 0 aliphatic heterocycles. The van der Waals surface area contributed by atoms with Crippen LogP contribution < -0.4 is 5.73 Å². The van der Waals surface area contributed by atoms with Crippen LogP contribution in [0.2, 0.25) is 0 Å². The second kappa shape index (κ2) is 6.08. The fourth-order valence-electron chi connectivity index (χ4n) is 1.72. The van der Waals surface area contributed by atoms with Crippen molar-refractivity contribution >= 4 is 11.7 Å². The number of hydrogen-bond acceptors (Lipinski definition) is 4. The van der Waals surface area contributed by atoms with E-state index in [-0.39, 0.29) is 29.0 Å². The predicted octanol–water partition coefficient (Wildman–Crippen LogP) is 1.16. The van der Waals surface area contributed by atoms with Gasteiger partial charge in [-0.05, 0) is 18.6 Å². The molecule has 1 atom stereocenters. The van der Waals surface area contributed by atoms with Crippen LogP contribution in [0, 0.1) is 12.8 Å². The van der Waals surface area contributed by atoms with Gasteiger partial charge in [-0.3, -0.25) is 4.79 Å². The highest BCUT2D eigenvalue weighted by molar-refractivity contribution is 5.97. The van der Waals surface area contributed by atoms with Crippen LogP contribution in [-0.2, 0) is 0 Å². The summed E-state index contributed by atoms with van der Waals surface area (Å²) >= 11 is 0. The number of oxime groups is 1. The number of phenolic OH excluding ortho intramolecular Hbond substituents is 1. The lowest BCUT2D eigenvalue weighted by Gasteiger charge is -2.21. The molecule has 19 heavy (non-hydrogen) atoms. The fraction of sp³-hybridized carbons (Fsp3) is 0.385. The van der Waals surface area contributed by atoms with Gasteiger partial charge in [-0.15, -0.1) is 0 Å². The molecule has 6 nitrogen and oxygen atoms in total. The quantitative estimate of drug-likeness (QED) is 0.329. The molecule has 0 aromatic heterocycles. The van der Waals surface area contributed by atoms with Gasteiger partial charge in [0.2, 0.25) is 0 Å². The van der Waals surface area contributed by atoms with Gasteiger partial charge in [0.25, 0.3) is 5.91 Å². The van der Waals surface area contributed by atoms with Gasteiger partial charge in [0, 0.05) is 19.5 Å². The maximum absolute atomic E-state index is 12.2. The third kappa shape index (κ3) is 3.37. The lowest BCUT2D eigenvalue weighted by atomic mass is 10.1. The Morgan fingerprint density at radius 2 is 2.16 bits per heavy atom. The minimum absolute atomic E-state index is 0.0178. The largest absolute Gasteiger partial charge is 0.507 e. The summed E-state index contributed by atoms with van der Waals surface area (Å²) in [5.74, 6) is -0.534. The van der Waals surface area contributed by atoms with Crippen LogP contribution in [0.1, 0.15) is 22.8 Å². The van der Waals surface area contributed by atoms with Gasteiger partial charge < -0.3 is 20.9 Å². The van der Waals surface area contributed by atoms with Crippen LogP contribution in [0.25, 0.3) is 0 Å². The third-order valence-electron chi connectivity index (χ3n) is 2.98. The molecule has 104 valence electrons. The normalized spacial score (nSPS) is 13.1. The summed E-state index contributed by atoms with van der Waals surface area (Å²) in [4.78, 5) is 13.6. The van der Waals surface area contributed by atoms with E-state index in [1.165, 1.54) is 4.90 Å². The number of amides is 1. The van der Waals surface area contributed by atoms with E-state index in [0.29, 0.717) is 12.1 Å². The fourth-order valence-corrected chi connectivity index (χ4v) is 1.72. The zero-order valence-corrected chi connectivity index (χ0v) is 11.3. The number of para-hydroxylation sites is 1. The van der Waals surface area contributed by atoms with Crippen molar-refractivity contribution in [1.29, 1.82) is 0 Å². The Bertz CT molecular complexity index is 500. The van der Waals surface area contributed by atoms with Gasteiger partial charge >= 0.3 is 0 Å². The first-order valence-electron chi connectivity index (χ1n) is 5.90. The molecule has 1 unspecified atom stereocenters. The topological polar surface area (TPSA) is 99.2 Å². The molecule has 4 N–H and O–H groups in total. The zero-order chi connectivity index (χ0) is 14.6. The van der Waals surface area contributed by atoms with Gasteiger partial charge in [-0.1, -0.05) is 24.2 Å². The van der Waals surface area contributed by atoms with Crippen LogP contribution in [0.4, 0.5) is 0 Å². The number of benzene rings is 1. The summed E-state index contributed by atoms with van der Waals surface area (Å²) in [6.07, 6.45) is 0. The Labute approximate surface area is 112 Å². The molecule has 0 saturated heterocycles. The van der Waals surface area contributed by atoms with Crippen LogP contribution in [0.15, 0.2) is 23.4 Å². The number of amidine groups is 1. The van der Waals surface area contributed by atoms with Crippen molar-refractivity contribution in [1.82, 2.24) is 4.90 Å². The Balaban J connectivity index is 2.86. The minimum Gasteiger partial charge on any atom is -0.507 e. The lowest BCUT2D eigenvalue weighted by molar-refractivity contribution is 0.0783. The number of aromatic hydroxyl groups is 1. The number of phenols is 1. The Hall–Kier alpha value is -2.24. The van der Waals surface area contributed by atoms with E-state index >= 15 is 0 Å². The summed E-state index contributed by atoms with van der Waals surface area (Å²) in [5, 5.41) is 21.4. The number of aryl methyl sites for hydroxylation is 1. The number of carbonyl (C=O) groups is 1. The summed E-state index contributed by atoms with van der Waals surface area (Å²) in [5.41, 5.74) is 6.36. The van der Waals surface area contributed by atoms with E-state index in [2.05, 4.69) is 5.16 Å². The average molecular weight is 265 g/mol. The maximum Gasteiger partial charge on any atom is 0.257 e. The van der Waals surface area contributed by atoms with Crippen LogP contribution >= 0.6 is 0 Å². The first kappa shape index (κ1) is 14.8. The first-order chi connectivity index (χ1) is 8.88. The summed E-state index contributed by atoms with van der Waals surface area (Å²) in [6, 6.07) is 5.00. The van der Waals surface area contributed by atoms with Crippen LogP contribution in [0.3, 0.4) is 0 Å². The zero-order valence-electron chi connectivity index (χ0n) is 11.3. The second-order valence-electron chi connectivity index (χ2n) is 4.58. The molecular weight excluding hydrogens is 246 g/mol. The van der Waals surface area contributed by atoms with E-state index in [0.717, 1.165) is 0 Å². The van der Waals surface area contributed by atoms with Crippen molar-refractivity contribution in [2.45, 2.75) is 13.8 Å². The molecule has 1 aromatic rings. The predicted molar refractivity (Wildman–Crippen MR) is 72.4 cm³/mol. The van der Waals surface area contributed by atoms with Crippen molar-refractivity contribution in [3.05, 3.63) is 29.3 Å². The average Bonchev–Trinajstić information content (AvgIpc) is 2.39. The highest BCUT2D eigenvalue weighted by Gasteiger charge is 2.19. The Kier molecular flexibility index (Phi) is 4.74. The van der Waals surface area contributed by atoms with E-state index in [1.807, 2.05) is 0 Å². The number of nitrogens with zero attached hydrogens (tertiary/aromatic N) is 2. The smallest absolute Gasteiger partial charge is 0.257 e. The van der Waals surface area contributed by atoms with Gasteiger partial charge in [0.05, 0.1) is 5.56 Å². The SMILES string of the molecule is Cc1cccc(C(=O)N(C)CC(C)/C(N)=N/O)c1O. The molecule has 1 rings (SSSR count). The summed E-state index contributed by atoms with van der Waals surface area (Å²) in [7, 11) is 1.60. The molecule has 0 bridgehead atoms. The molecule has 0 aliphatic carbocycles. The lowest BCUT2D eigenvalue weighted by Crippen LogP contribution is -2.36. The van der Waals surface area contributed by atoms with E-state index in [1.54, 1.807) is 39.1 Å². The van der Waals surface area contributed by atoms with Gasteiger partial charge in [-0.2, -0.15) is 0 Å². The van der Waals surface area contributed by atoms with E-state index in [9.17, 15) is 9.90 Å². The number of nitrogens with two attached hydrogens (primary N) is 1. The van der Waals surface area contributed by atoms with Crippen LogP contribution in [0.5, 0.6) is 5.75 Å². The first-order valence-corrected chi connectivity index (χ1v) is 5.90.